The van der Waals surface area contributed by atoms with Crippen LogP contribution in [0.1, 0.15) is 38.5 Å². The first-order valence-electron chi connectivity index (χ1n) is 7.01. The van der Waals surface area contributed by atoms with Crippen LogP contribution in [-0.4, -0.2) is 6.04 Å². The van der Waals surface area contributed by atoms with Gasteiger partial charge in [-0.2, -0.15) is 0 Å². The van der Waals surface area contributed by atoms with Crippen molar-refractivity contribution in [2.24, 2.45) is 5.92 Å². The van der Waals surface area contributed by atoms with Gasteiger partial charge in [0, 0.05) is 27.5 Å². The average molecular weight is 296 g/mol. The summed E-state index contributed by atoms with van der Waals surface area (Å²) in [7, 11) is 0. The first-order chi connectivity index (χ1) is 9.11. The van der Waals surface area contributed by atoms with Crippen molar-refractivity contribution in [1.82, 2.24) is 5.32 Å². The Labute approximate surface area is 125 Å². The Balaban J connectivity index is 2.00. The van der Waals surface area contributed by atoms with Gasteiger partial charge in [-0.1, -0.05) is 50.1 Å². The normalized spacial score (nSPS) is 14.7. The minimum Gasteiger partial charge on any atom is -0.309 e. The molecule has 2 rings (SSSR count). The summed E-state index contributed by atoms with van der Waals surface area (Å²) in [6.45, 7) is 7.69. The minimum atomic E-state index is 0.538. The molecule has 0 radical (unpaired) electrons. The molecule has 0 fully saturated rings. The topological polar surface area (TPSA) is 12.0 Å². The van der Waals surface area contributed by atoms with Crippen molar-refractivity contribution in [2.45, 2.75) is 46.2 Å². The van der Waals surface area contributed by atoms with Crippen LogP contribution in [0, 0.1) is 5.92 Å². The maximum atomic E-state index is 6.44. The molecule has 1 nitrogen and oxygen atoms in total. The van der Waals surface area contributed by atoms with E-state index in [0.717, 1.165) is 17.5 Å². The van der Waals surface area contributed by atoms with E-state index in [4.69, 9.17) is 11.6 Å². The summed E-state index contributed by atoms with van der Waals surface area (Å²) in [5.74, 6) is 0.778. The highest BCUT2D eigenvalue weighted by molar-refractivity contribution is 7.19. The molecule has 0 amide bonds. The third kappa shape index (κ3) is 3.71. The average Bonchev–Trinajstić information content (AvgIpc) is 2.73. The van der Waals surface area contributed by atoms with Crippen LogP contribution in [0.5, 0.6) is 0 Å². The molecule has 0 aliphatic carbocycles. The quantitative estimate of drug-likeness (QED) is 0.745. The van der Waals surface area contributed by atoms with Gasteiger partial charge in [0.2, 0.25) is 0 Å². The van der Waals surface area contributed by atoms with E-state index >= 15 is 0 Å². The van der Waals surface area contributed by atoms with Crippen LogP contribution >= 0.6 is 22.9 Å². The monoisotopic (exact) mass is 295 g/mol. The van der Waals surface area contributed by atoms with Crippen LogP contribution in [0.15, 0.2) is 24.3 Å². The molecule has 0 spiro atoms. The summed E-state index contributed by atoms with van der Waals surface area (Å²) >= 11 is 8.24. The fourth-order valence-corrected chi connectivity index (χ4v) is 3.75. The number of hydrogen-bond donors (Lipinski definition) is 1. The van der Waals surface area contributed by atoms with E-state index in [1.54, 1.807) is 11.3 Å². The summed E-state index contributed by atoms with van der Waals surface area (Å²) < 4.78 is 1.28. The van der Waals surface area contributed by atoms with Crippen molar-refractivity contribution >= 4 is 33.0 Å². The molecule has 0 saturated heterocycles. The molecule has 1 aromatic heterocycles. The Morgan fingerprint density at radius 1 is 1.26 bits per heavy atom. The van der Waals surface area contributed by atoms with Crippen molar-refractivity contribution in [3.05, 3.63) is 34.2 Å². The van der Waals surface area contributed by atoms with Gasteiger partial charge in [-0.3, -0.25) is 0 Å². The summed E-state index contributed by atoms with van der Waals surface area (Å²) in [5.41, 5.74) is 0. The molecule has 0 aliphatic rings. The fraction of sp³-hybridized carbons (Fsp3) is 0.500. The number of benzene rings is 1. The number of hydrogen-bond acceptors (Lipinski definition) is 2. The molecule has 104 valence electrons. The van der Waals surface area contributed by atoms with E-state index in [0.29, 0.717) is 6.04 Å². The Bertz CT molecular complexity index is 535. The van der Waals surface area contributed by atoms with Crippen molar-refractivity contribution in [1.29, 1.82) is 0 Å². The lowest BCUT2D eigenvalue weighted by Gasteiger charge is -2.17. The predicted octanol–water partition coefficient (Wildman–Crippen LogP) is 5.47. The molecule has 19 heavy (non-hydrogen) atoms. The second-order valence-electron chi connectivity index (χ2n) is 5.37. The Hall–Kier alpha value is -0.570. The van der Waals surface area contributed by atoms with Gasteiger partial charge in [0.1, 0.15) is 0 Å². The lowest BCUT2D eigenvalue weighted by Crippen LogP contribution is -2.27. The Morgan fingerprint density at radius 2 is 2.00 bits per heavy atom. The largest absolute Gasteiger partial charge is 0.309 e. The lowest BCUT2D eigenvalue weighted by molar-refractivity contribution is 0.413. The molecule has 1 N–H and O–H groups in total. The molecule has 0 saturated carbocycles. The highest BCUT2D eigenvalue weighted by atomic mass is 35.5. The van der Waals surface area contributed by atoms with E-state index < -0.39 is 0 Å². The van der Waals surface area contributed by atoms with Gasteiger partial charge in [0.15, 0.2) is 0 Å². The highest BCUT2D eigenvalue weighted by Crippen LogP contribution is 2.35. The van der Waals surface area contributed by atoms with Gasteiger partial charge < -0.3 is 5.32 Å². The highest BCUT2D eigenvalue weighted by Gasteiger charge is 2.11. The zero-order valence-corrected chi connectivity index (χ0v) is 13.4. The third-order valence-corrected chi connectivity index (χ3v) is 5.38. The van der Waals surface area contributed by atoms with Gasteiger partial charge in [0.05, 0.1) is 5.02 Å². The van der Waals surface area contributed by atoms with Gasteiger partial charge >= 0.3 is 0 Å². The fourth-order valence-electron chi connectivity index (χ4n) is 2.30. The molecule has 0 aliphatic heterocycles. The maximum absolute atomic E-state index is 6.44. The number of thiophene rings is 1. The standard InChI is InChI=1S/C16H22ClNS/c1-4-11(2)9-12(3)18-10-15-16(17)13-7-5-6-8-14(13)19-15/h5-8,11-12,18H,4,9-10H2,1-3H3. The van der Waals surface area contributed by atoms with Gasteiger partial charge in [-0.05, 0) is 25.3 Å². The minimum absolute atomic E-state index is 0.538. The lowest BCUT2D eigenvalue weighted by atomic mass is 10.0. The number of nitrogens with one attached hydrogen (secondary N) is 1. The molecule has 2 atom stereocenters. The van der Waals surface area contributed by atoms with Crippen LogP contribution < -0.4 is 5.32 Å². The molecule has 1 aromatic carbocycles. The molecule has 2 unspecified atom stereocenters. The van der Waals surface area contributed by atoms with E-state index in [1.165, 1.54) is 27.8 Å². The van der Waals surface area contributed by atoms with Crippen LogP contribution in [0.3, 0.4) is 0 Å². The van der Waals surface area contributed by atoms with Crippen LogP contribution in [-0.2, 0) is 6.54 Å². The second kappa shape index (κ2) is 6.74. The van der Waals surface area contributed by atoms with E-state index in [-0.39, 0.29) is 0 Å². The smallest absolute Gasteiger partial charge is 0.0636 e. The van der Waals surface area contributed by atoms with Gasteiger partial charge in [-0.25, -0.2) is 0 Å². The summed E-state index contributed by atoms with van der Waals surface area (Å²) in [5, 5.41) is 5.69. The molecule has 0 bridgehead atoms. The van der Waals surface area contributed by atoms with E-state index in [9.17, 15) is 0 Å². The number of halogens is 1. The maximum Gasteiger partial charge on any atom is 0.0636 e. The number of rotatable bonds is 6. The zero-order chi connectivity index (χ0) is 13.8. The van der Waals surface area contributed by atoms with Crippen molar-refractivity contribution in [3.63, 3.8) is 0 Å². The summed E-state index contributed by atoms with van der Waals surface area (Å²) in [4.78, 5) is 1.25. The predicted molar refractivity (Wildman–Crippen MR) is 87.2 cm³/mol. The molecule has 1 heterocycles. The Morgan fingerprint density at radius 3 is 2.68 bits per heavy atom. The molecule has 3 heteroatoms. The first kappa shape index (κ1) is 14.8. The second-order valence-corrected chi connectivity index (χ2v) is 6.88. The number of fused-ring (bicyclic) bond motifs is 1. The van der Waals surface area contributed by atoms with Crippen molar-refractivity contribution in [2.75, 3.05) is 0 Å². The SMILES string of the molecule is CCC(C)CC(C)NCc1sc2ccccc2c1Cl. The zero-order valence-electron chi connectivity index (χ0n) is 11.9. The first-order valence-corrected chi connectivity index (χ1v) is 8.20. The van der Waals surface area contributed by atoms with E-state index in [2.05, 4.69) is 44.3 Å². The molecule has 2 aromatic rings. The van der Waals surface area contributed by atoms with Crippen LogP contribution in [0.4, 0.5) is 0 Å². The molecular formula is C16H22ClNS. The third-order valence-electron chi connectivity index (χ3n) is 3.67. The Kier molecular flexibility index (Phi) is 5.26. The van der Waals surface area contributed by atoms with Gasteiger partial charge in [0.25, 0.3) is 0 Å². The van der Waals surface area contributed by atoms with Crippen molar-refractivity contribution < 1.29 is 0 Å². The molecular weight excluding hydrogens is 274 g/mol. The van der Waals surface area contributed by atoms with Crippen LogP contribution in [0.2, 0.25) is 5.02 Å². The summed E-state index contributed by atoms with van der Waals surface area (Å²) in [6.07, 6.45) is 2.47. The van der Waals surface area contributed by atoms with Crippen LogP contribution in [0.25, 0.3) is 10.1 Å². The van der Waals surface area contributed by atoms with E-state index in [1.807, 2.05) is 6.07 Å². The summed E-state index contributed by atoms with van der Waals surface area (Å²) in [6, 6.07) is 8.89. The van der Waals surface area contributed by atoms with Crippen molar-refractivity contribution in [3.8, 4) is 0 Å². The van der Waals surface area contributed by atoms with Gasteiger partial charge in [-0.15, -0.1) is 11.3 Å².